The highest BCUT2D eigenvalue weighted by molar-refractivity contribution is 5.85. The van der Waals surface area contributed by atoms with E-state index in [1.807, 2.05) is 18.2 Å². The number of hydrogen-bond donors (Lipinski definition) is 1. The van der Waals surface area contributed by atoms with Crippen molar-refractivity contribution in [1.82, 2.24) is 10.2 Å². The minimum absolute atomic E-state index is 0. The van der Waals surface area contributed by atoms with E-state index in [0.717, 1.165) is 26.2 Å². The highest BCUT2D eigenvalue weighted by Crippen LogP contribution is 2.28. The maximum absolute atomic E-state index is 12.4. The summed E-state index contributed by atoms with van der Waals surface area (Å²) in [7, 11) is 0. The molecule has 2 aliphatic rings. The highest BCUT2D eigenvalue weighted by atomic mass is 35.5. The van der Waals surface area contributed by atoms with Gasteiger partial charge in [-0.3, -0.25) is 4.79 Å². The van der Waals surface area contributed by atoms with E-state index in [0.29, 0.717) is 30.1 Å². The van der Waals surface area contributed by atoms with Gasteiger partial charge in [-0.1, -0.05) is 37.3 Å². The van der Waals surface area contributed by atoms with Gasteiger partial charge in [-0.05, 0) is 23.3 Å². The number of halogens is 1. The van der Waals surface area contributed by atoms with Crippen LogP contribution in [0.4, 0.5) is 0 Å². The molecule has 20 heavy (non-hydrogen) atoms. The second-order valence-electron chi connectivity index (χ2n) is 5.99. The average molecular weight is 295 g/mol. The van der Waals surface area contributed by atoms with Crippen LogP contribution in [-0.2, 0) is 4.79 Å². The van der Waals surface area contributed by atoms with Gasteiger partial charge < -0.3 is 10.2 Å². The van der Waals surface area contributed by atoms with Crippen LogP contribution in [0.3, 0.4) is 0 Å². The number of fused-ring (bicyclic) bond motifs is 1. The molecule has 0 bridgehead atoms. The Labute approximate surface area is 127 Å². The molecular weight excluding hydrogens is 272 g/mol. The van der Waals surface area contributed by atoms with Crippen LogP contribution in [0.25, 0.3) is 0 Å². The number of carbonyl (C=O) groups is 1. The summed E-state index contributed by atoms with van der Waals surface area (Å²) < 4.78 is 0. The Balaban J connectivity index is 0.00000147. The van der Waals surface area contributed by atoms with Crippen LogP contribution in [0, 0.1) is 11.8 Å². The summed E-state index contributed by atoms with van der Waals surface area (Å²) in [6, 6.07) is 10.3. The summed E-state index contributed by atoms with van der Waals surface area (Å²) in [6.07, 6.45) is 0.636. The summed E-state index contributed by atoms with van der Waals surface area (Å²) in [5.41, 5.74) is 1.26. The standard InChI is InChI=1S/C16H22N2O.ClH/c1-12(13-5-3-2-4-6-13)7-16(19)18-10-14-8-17-9-15(14)11-18;/h2-6,12,14-15,17H,7-11H2,1H3;1H/t12?,14-,15+;. The first-order valence-electron chi connectivity index (χ1n) is 7.27. The number of rotatable bonds is 3. The summed E-state index contributed by atoms with van der Waals surface area (Å²) in [6.45, 7) is 6.23. The molecule has 4 heteroatoms. The Morgan fingerprint density at radius 3 is 2.45 bits per heavy atom. The van der Waals surface area contributed by atoms with Crippen LogP contribution in [-0.4, -0.2) is 37.0 Å². The van der Waals surface area contributed by atoms with Crippen molar-refractivity contribution in [2.24, 2.45) is 11.8 Å². The summed E-state index contributed by atoms with van der Waals surface area (Å²) in [5, 5.41) is 3.41. The van der Waals surface area contributed by atoms with E-state index >= 15 is 0 Å². The highest BCUT2D eigenvalue weighted by Gasteiger charge is 2.38. The number of nitrogens with one attached hydrogen (secondary N) is 1. The van der Waals surface area contributed by atoms with E-state index in [1.54, 1.807) is 0 Å². The fourth-order valence-electron chi connectivity index (χ4n) is 3.35. The van der Waals surface area contributed by atoms with Crippen LogP contribution in [0.1, 0.15) is 24.8 Å². The van der Waals surface area contributed by atoms with Crippen molar-refractivity contribution in [2.45, 2.75) is 19.3 Å². The van der Waals surface area contributed by atoms with Crippen molar-refractivity contribution < 1.29 is 4.79 Å². The Morgan fingerprint density at radius 1 is 1.25 bits per heavy atom. The van der Waals surface area contributed by atoms with Crippen molar-refractivity contribution in [3.63, 3.8) is 0 Å². The second-order valence-corrected chi connectivity index (χ2v) is 5.99. The first-order chi connectivity index (χ1) is 9.24. The largest absolute Gasteiger partial charge is 0.342 e. The molecule has 1 aromatic rings. The van der Waals surface area contributed by atoms with Crippen molar-refractivity contribution in [3.8, 4) is 0 Å². The SMILES string of the molecule is CC(CC(=O)N1C[C@H]2CNC[C@H]2C1)c1ccccc1.Cl. The molecule has 3 nitrogen and oxygen atoms in total. The van der Waals surface area contributed by atoms with Gasteiger partial charge in [-0.2, -0.15) is 0 Å². The molecule has 2 fully saturated rings. The Bertz CT molecular complexity index is 439. The third-order valence-electron chi connectivity index (χ3n) is 4.59. The zero-order chi connectivity index (χ0) is 13.2. The van der Waals surface area contributed by atoms with E-state index in [2.05, 4.69) is 29.3 Å². The molecule has 110 valence electrons. The molecule has 3 atom stereocenters. The van der Waals surface area contributed by atoms with E-state index in [-0.39, 0.29) is 12.4 Å². The number of hydrogen-bond acceptors (Lipinski definition) is 2. The van der Waals surface area contributed by atoms with Gasteiger partial charge in [0.05, 0.1) is 0 Å². The van der Waals surface area contributed by atoms with E-state index in [4.69, 9.17) is 0 Å². The van der Waals surface area contributed by atoms with Gasteiger partial charge in [0.1, 0.15) is 0 Å². The van der Waals surface area contributed by atoms with Crippen molar-refractivity contribution in [2.75, 3.05) is 26.2 Å². The third kappa shape index (κ3) is 3.15. The van der Waals surface area contributed by atoms with Crippen LogP contribution in [0.15, 0.2) is 30.3 Å². The maximum atomic E-state index is 12.4. The molecule has 1 aromatic carbocycles. The molecule has 0 aromatic heterocycles. The van der Waals surface area contributed by atoms with E-state index in [1.165, 1.54) is 5.56 Å². The lowest BCUT2D eigenvalue weighted by Crippen LogP contribution is -2.32. The number of likely N-dealkylation sites (tertiary alicyclic amines) is 1. The third-order valence-corrected chi connectivity index (χ3v) is 4.59. The Kier molecular flexibility index (Phi) is 5.06. The van der Waals surface area contributed by atoms with Gasteiger partial charge in [-0.15, -0.1) is 12.4 Å². The van der Waals surface area contributed by atoms with Crippen LogP contribution in [0.2, 0.25) is 0 Å². The number of amides is 1. The first-order valence-corrected chi connectivity index (χ1v) is 7.27. The molecule has 1 amide bonds. The topological polar surface area (TPSA) is 32.3 Å². The molecule has 0 saturated carbocycles. The van der Waals surface area contributed by atoms with Crippen LogP contribution < -0.4 is 5.32 Å². The monoisotopic (exact) mass is 294 g/mol. The lowest BCUT2D eigenvalue weighted by molar-refractivity contribution is -0.130. The number of nitrogens with zero attached hydrogens (tertiary/aromatic N) is 1. The molecule has 1 N–H and O–H groups in total. The lowest BCUT2D eigenvalue weighted by Gasteiger charge is -2.20. The minimum atomic E-state index is 0. The van der Waals surface area contributed by atoms with Crippen LogP contribution in [0.5, 0.6) is 0 Å². The van der Waals surface area contributed by atoms with Gasteiger partial charge in [-0.25, -0.2) is 0 Å². The first kappa shape index (κ1) is 15.3. The van der Waals surface area contributed by atoms with Crippen molar-refractivity contribution >= 4 is 18.3 Å². The maximum Gasteiger partial charge on any atom is 0.223 e. The molecule has 1 unspecified atom stereocenters. The predicted molar refractivity (Wildman–Crippen MR) is 83.2 cm³/mol. The smallest absolute Gasteiger partial charge is 0.223 e. The molecule has 2 heterocycles. The molecule has 2 aliphatic heterocycles. The quantitative estimate of drug-likeness (QED) is 0.928. The number of carbonyl (C=O) groups excluding carboxylic acids is 1. The van der Waals surface area contributed by atoms with Crippen molar-refractivity contribution in [1.29, 1.82) is 0 Å². The van der Waals surface area contributed by atoms with Crippen LogP contribution >= 0.6 is 12.4 Å². The fraction of sp³-hybridized carbons (Fsp3) is 0.562. The summed E-state index contributed by atoms with van der Waals surface area (Å²) in [4.78, 5) is 14.4. The Hall–Kier alpha value is -1.06. The zero-order valence-electron chi connectivity index (χ0n) is 11.9. The average Bonchev–Trinajstić information content (AvgIpc) is 3.00. The minimum Gasteiger partial charge on any atom is -0.342 e. The molecule has 0 spiro atoms. The predicted octanol–water partition coefficient (Wildman–Crippen LogP) is 2.28. The van der Waals surface area contributed by atoms with Gasteiger partial charge in [0, 0.05) is 32.6 Å². The normalized spacial score (nSPS) is 25.9. The van der Waals surface area contributed by atoms with Gasteiger partial charge in [0.15, 0.2) is 0 Å². The molecule has 0 radical (unpaired) electrons. The number of benzene rings is 1. The summed E-state index contributed by atoms with van der Waals surface area (Å²) in [5.74, 6) is 2.02. The lowest BCUT2D eigenvalue weighted by atomic mass is 9.97. The van der Waals surface area contributed by atoms with E-state index < -0.39 is 0 Å². The fourth-order valence-corrected chi connectivity index (χ4v) is 3.35. The zero-order valence-corrected chi connectivity index (χ0v) is 12.7. The molecule has 0 aliphatic carbocycles. The van der Waals surface area contributed by atoms with Gasteiger partial charge >= 0.3 is 0 Å². The van der Waals surface area contributed by atoms with Gasteiger partial charge in [0.25, 0.3) is 0 Å². The molecule has 2 saturated heterocycles. The van der Waals surface area contributed by atoms with Crippen molar-refractivity contribution in [3.05, 3.63) is 35.9 Å². The van der Waals surface area contributed by atoms with Gasteiger partial charge in [0.2, 0.25) is 5.91 Å². The molecular formula is C16H23ClN2O. The second kappa shape index (κ2) is 6.59. The van der Waals surface area contributed by atoms with E-state index in [9.17, 15) is 4.79 Å². The summed E-state index contributed by atoms with van der Waals surface area (Å²) >= 11 is 0. The molecule has 3 rings (SSSR count). The Morgan fingerprint density at radius 2 is 1.85 bits per heavy atom.